The van der Waals surface area contributed by atoms with Gasteiger partial charge in [0, 0.05) is 29.1 Å². The topological polar surface area (TPSA) is 51.0 Å². The van der Waals surface area contributed by atoms with E-state index in [1.165, 1.54) is 16.6 Å². The van der Waals surface area contributed by atoms with Gasteiger partial charge in [-0.05, 0) is 48.6 Å². The van der Waals surface area contributed by atoms with Crippen molar-refractivity contribution in [3.05, 3.63) is 51.7 Å². The third-order valence-corrected chi connectivity index (χ3v) is 6.94. The smallest absolute Gasteiger partial charge is 0.233 e. The summed E-state index contributed by atoms with van der Waals surface area (Å²) >= 11 is 9.11. The lowest BCUT2D eigenvalue weighted by atomic mass is 10.2. The number of thiophene rings is 1. The predicted octanol–water partition coefficient (Wildman–Crippen LogP) is 4.65. The van der Waals surface area contributed by atoms with Crippen LogP contribution in [0.5, 0.6) is 0 Å². The van der Waals surface area contributed by atoms with Crippen LogP contribution in [-0.4, -0.2) is 37.9 Å². The molecule has 3 aromatic rings. The Hall–Kier alpha value is -1.83. The van der Waals surface area contributed by atoms with Crippen LogP contribution in [0.15, 0.2) is 46.9 Å². The number of likely N-dealkylation sites (tertiary alicyclic amines) is 1. The zero-order chi connectivity index (χ0) is 18.8. The van der Waals surface area contributed by atoms with Gasteiger partial charge in [-0.15, -0.1) is 21.5 Å². The molecule has 0 bridgehead atoms. The van der Waals surface area contributed by atoms with Crippen LogP contribution in [0, 0.1) is 0 Å². The highest BCUT2D eigenvalue weighted by Gasteiger charge is 2.30. The predicted molar refractivity (Wildman–Crippen MR) is 110 cm³/mol. The van der Waals surface area contributed by atoms with Crippen molar-refractivity contribution in [3.8, 4) is 11.4 Å². The van der Waals surface area contributed by atoms with E-state index in [0.717, 1.165) is 35.9 Å². The highest BCUT2D eigenvalue weighted by Crippen LogP contribution is 2.35. The second-order valence-corrected chi connectivity index (χ2v) is 8.78. The van der Waals surface area contributed by atoms with Gasteiger partial charge in [-0.1, -0.05) is 29.4 Å². The summed E-state index contributed by atoms with van der Waals surface area (Å²) in [6.07, 6.45) is 2.10. The third kappa shape index (κ3) is 3.90. The van der Waals surface area contributed by atoms with Crippen LogP contribution in [0.4, 0.5) is 0 Å². The molecule has 27 heavy (non-hydrogen) atoms. The fraction of sp³-hybridized carbons (Fsp3) is 0.316. The van der Waals surface area contributed by atoms with Gasteiger partial charge in [0.1, 0.15) is 0 Å². The maximum atomic E-state index is 12.8. The fourth-order valence-corrected chi connectivity index (χ4v) is 5.14. The van der Waals surface area contributed by atoms with E-state index in [-0.39, 0.29) is 11.9 Å². The van der Waals surface area contributed by atoms with E-state index in [4.69, 9.17) is 11.6 Å². The van der Waals surface area contributed by atoms with E-state index in [1.54, 1.807) is 11.3 Å². The van der Waals surface area contributed by atoms with Crippen molar-refractivity contribution in [2.45, 2.75) is 24.0 Å². The van der Waals surface area contributed by atoms with Crippen molar-refractivity contribution in [1.82, 2.24) is 19.7 Å². The highest BCUT2D eigenvalue weighted by molar-refractivity contribution is 7.99. The van der Waals surface area contributed by atoms with E-state index in [2.05, 4.69) is 21.6 Å². The molecule has 1 saturated heterocycles. The normalized spacial score (nSPS) is 16.8. The average Bonchev–Trinajstić information content (AvgIpc) is 3.41. The van der Waals surface area contributed by atoms with Crippen LogP contribution in [-0.2, 0) is 11.8 Å². The number of rotatable bonds is 5. The number of aromatic nitrogens is 3. The monoisotopic (exact) mass is 418 g/mol. The molecule has 0 spiro atoms. The van der Waals surface area contributed by atoms with E-state index < -0.39 is 0 Å². The molecule has 1 fully saturated rings. The zero-order valence-corrected chi connectivity index (χ0v) is 17.2. The molecule has 1 atom stereocenters. The number of benzene rings is 1. The lowest BCUT2D eigenvalue weighted by Gasteiger charge is -2.23. The lowest BCUT2D eigenvalue weighted by Crippen LogP contribution is -2.31. The lowest BCUT2D eigenvalue weighted by molar-refractivity contribution is -0.129. The number of nitrogens with zero attached hydrogens (tertiary/aromatic N) is 4. The van der Waals surface area contributed by atoms with Crippen molar-refractivity contribution in [2.24, 2.45) is 7.05 Å². The first-order chi connectivity index (χ1) is 13.1. The first-order valence-electron chi connectivity index (χ1n) is 8.74. The largest absolute Gasteiger partial charge is 0.334 e. The van der Waals surface area contributed by atoms with Gasteiger partial charge in [0.25, 0.3) is 0 Å². The van der Waals surface area contributed by atoms with Crippen LogP contribution in [0.25, 0.3) is 11.4 Å². The molecule has 140 valence electrons. The Morgan fingerprint density at radius 3 is 2.85 bits per heavy atom. The van der Waals surface area contributed by atoms with E-state index in [1.807, 2.05) is 46.8 Å². The first kappa shape index (κ1) is 18.5. The van der Waals surface area contributed by atoms with Crippen molar-refractivity contribution in [3.63, 3.8) is 0 Å². The number of hydrogen-bond donors (Lipinski definition) is 0. The Morgan fingerprint density at radius 1 is 1.30 bits per heavy atom. The molecule has 1 aliphatic heterocycles. The van der Waals surface area contributed by atoms with Crippen molar-refractivity contribution < 1.29 is 4.79 Å². The van der Waals surface area contributed by atoms with Gasteiger partial charge >= 0.3 is 0 Å². The summed E-state index contributed by atoms with van der Waals surface area (Å²) in [6.45, 7) is 0.830. The maximum absolute atomic E-state index is 12.8. The molecule has 0 saturated carbocycles. The summed E-state index contributed by atoms with van der Waals surface area (Å²) in [5.41, 5.74) is 0.949. The van der Waals surface area contributed by atoms with Gasteiger partial charge in [-0.25, -0.2) is 0 Å². The minimum atomic E-state index is 0.159. The Morgan fingerprint density at radius 2 is 2.11 bits per heavy atom. The average molecular weight is 419 g/mol. The van der Waals surface area contributed by atoms with Gasteiger partial charge in [0.2, 0.25) is 5.91 Å². The highest BCUT2D eigenvalue weighted by atomic mass is 35.5. The zero-order valence-electron chi connectivity index (χ0n) is 14.8. The maximum Gasteiger partial charge on any atom is 0.233 e. The molecule has 0 radical (unpaired) electrons. The molecule has 8 heteroatoms. The number of amides is 1. The molecular formula is C19H19ClN4OS2. The number of carbonyl (C=O) groups is 1. The molecule has 1 amide bonds. The number of halogens is 1. The number of hydrogen-bond acceptors (Lipinski definition) is 5. The summed E-state index contributed by atoms with van der Waals surface area (Å²) in [5, 5.41) is 12.0. The molecule has 0 N–H and O–H groups in total. The summed E-state index contributed by atoms with van der Waals surface area (Å²) in [5.74, 6) is 1.29. The third-order valence-electron chi connectivity index (χ3n) is 4.71. The molecule has 2 aromatic heterocycles. The van der Waals surface area contributed by atoms with E-state index >= 15 is 0 Å². The fourth-order valence-electron chi connectivity index (χ4n) is 3.34. The Labute approximate surface area is 171 Å². The second kappa shape index (κ2) is 8.04. The van der Waals surface area contributed by atoms with E-state index in [0.29, 0.717) is 10.8 Å². The first-order valence-corrected chi connectivity index (χ1v) is 11.0. The SMILES string of the molecule is Cn1c(SCC(=O)N2CCCC2c2cccs2)nnc1-c1ccc(Cl)cc1. The number of carbonyl (C=O) groups excluding carboxylic acids is 1. The van der Waals surface area contributed by atoms with Crippen LogP contribution in [0.3, 0.4) is 0 Å². The van der Waals surface area contributed by atoms with Gasteiger partial charge in [0.05, 0.1) is 11.8 Å². The summed E-state index contributed by atoms with van der Waals surface area (Å²) in [7, 11) is 1.92. The standard InChI is InChI=1S/C19H19ClN4OS2/c1-23-18(13-6-8-14(20)9-7-13)21-22-19(23)27-12-17(25)24-10-2-4-15(24)16-5-3-11-26-16/h3,5-9,11,15H,2,4,10,12H2,1H3. The minimum absolute atomic E-state index is 0.159. The molecular weight excluding hydrogens is 400 g/mol. The van der Waals surface area contributed by atoms with Crippen LogP contribution in [0.1, 0.15) is 23.8 Å². The minimum Gasteiger partial charge on any atom is -0.334 e. The molecule has 0 aliphatic carbocycles. The van der Waals surface area contributed by atoms with Crippen LogP contribution in [0.2, 0.25) is 5.02 Å². The Kier molecular flexibility index (Phi) is 5.52. The Bertz CT molecular complexity index is 924. The van der Waals surface area contributed by atoms with Crippen LogP contribution < -0.4 is 0 Å². The molecule has 1 unspecified atom stereocenters. The van der Waals surface area contributed by atoms with Crippen molar-refractivity contribution in [1.29, 1.82) is 0 Å². The van der Waals surface area contributed by atoms with E-state index in [9.17, 15) is 4.79 Å². The number of thioether (sulfide) groups is 1. The van der Waals surface area contributed by atoms with Crippen molar-refractivity contribution >= 4 is 40.6 Å². The van der Waals surface area contributed by atoms with Gasteiger partial charge in [0.15, 0.2) is 11.0 Å². The second-order valence-electron chi connectivity index (χ2n) is 6.42. The van der Waals surface area contributed by atoms with Crippen molar-refractivity contribution in [2.75, 3.05) is 12.3 Å². The summed E-state index contributed by atoms with van der Waals surface area (Å²) < 4.78 is 1.92. The van der Waals surface area contributed by atoms with Crippen LogP contribution >= 0.6 is 34.7 Å². The summed E-state index contributed by atoms with van der Waals surface area (Å²) in [6, 6.07) is 11.9. The van der Waals surface area contributed by atoms with Gasteiger partial charge in [-0.3, -0.25) is 4.79 Å². The molecule has 3 heterocycles. The summed E-state index contributed by atoms with van der Waals surface area (Å²) in [4.78, 5) is 16.1. The van der Waals surface area contributed by atoms with Gasteiger partial charge < -0.3 is 9.47 Å². The molecule has 4 rings (SSSR count). The molecule has 5 nitrogen and oxygen atoms in total. The van der Waals surface area contributed by atoms with Gasteiger partial charge in [-0.2, -0.15) is 0 Å². The molecule has 1 aromatic carbocycles. The Balaban J connectivity index is 1.43. The molecule has 1 aliphatic rings. The quantitative estimate of drug-likeness (QED) is 0.566.